The average molecular weight is 548 g/mol. The standard InChI is InChI=1S/C22H29N9O2S3/c1-29(2)11-17-6-7-18(33-17)13-34-9-8-25-31-20(32)12-30(36-31)28-16-5-3-4-15(10-16)19-14-35-22(26-19)27-21(23)24/h3-7,10,14,25,28H,8-9,11-13H2,1-2H3,(H4,23,24,26,27). The fourth-order valence-corrected chi connectivity index (χ4v) is 5.57. The SMILES string of the molecule is CN(C)Cc1ccc(CSCCNN2SN(Nc3cccc(-c4csc(NC(=N)N)n4)c3)CC2=O)o1. The molecule has 0 atom stereocenters. The number of rotatable bonds is 12. The van der Waals surface area contributed by atoms with Crippen LogP contribution in [-0.4, -0.2) is 63.5 Å². The van der Waals surface area contributed by atoms with Crippen LogP contribution < -0.4 is 21.9 Å². The lowest BCUT2D eigenvalue weighted by Crippen LogP contribution is -2.36. The van der Waals surface area contributed by atoms with Gasteiger partial charge in [0.15, 0.2) is 11.1 Å². The number of hydrogen-bond donors (Lipinski definition) is 5. The zero-order chi connectivity index (χ0) is 25.5. The molecule has 6 N–H and O–H groups in total. The lowest BCUT2D eigenvalue weighted by molar-refractivity contribution is -0.126. The first-order valence-electron chi connectivity index (χ1n) is 11.1. The number of thioether (sulfide) groups is 1. The Morgan fingerprint density at radius 1 is 1.31 bits per heavy atom. The Balaban J connectivity index is 1.20. The molecule has 0 bridgehead atoms. The average Bonchev–Trinajstić information content (AvgIpc) is 3.54. The topological polar surface area (TPSA) is 139 Å². The number of furan rings is 1. The van der Waals surface area contributed by atoms with Crippen molar-refractivity contribution in [1.82, 2.24) is 24.1 Å². The molecular weight excluding hydrogens is 519 g/mol. The van der Waals surface area contributed by atoms with E-state index in [9.17, 15) is 4.79 Å². The number of benzene rings is 1. The molecule has 4 rings (SSSR count). The van der Waals surface area contributed by atoms with Crippen molar-refractivity contribution in [2.24, 2.45) is 5.73 Å². The summed E-state index contributed by atoms with van der Waals surface area (Å²) in [7, 11) is 4.03. The van der Waals surface area contributed by atoms with E-state index in [1.165, 1.54) is 23.5 Å². The van der Waals surface area contributed by atoms with Crippen molar-refractivity contribution in [3.8, 4) is 11.3 Å². The fourth-order valence-electron chi connectivity index (χ4n) is 3.30. The van der Waals surface area contributed by atoms with Gasteiger partial charge < -0.3 is 25.8 Å². The zero-order valence-electron chi connectivity index (χ0n) is 20.0. The van der Waals surface area contributed by atoms with Crippen molar-refractivity contribution >= 4 is 57.9 Å². The third-order valence-corrected chi connectivity index (χ3v) is 7.43. The van der Waals surface area contributed by atoms with Crippen molar-refractivity contribution in [2.45, 2.75) is 12.3 Å². The first kappa shape index (κ1) is 26.3. The molecule has 0 spiro atoms. The summed E-state index contributed by atoms with van der Waals surface area (Å²) in [5, 5.41) is 12.5. The summed E-state index contributed by atoms with van der Waals surface area (Å²) in [6.45, 7) is 1.69. The third kappa shape index (κ3) is 7.62. The molecule has 1 saturated heterocycles. The molecule has 2 aromatic heterocycles. The van der Waals surface area contributed by atoms with Gasteiger partial charge in [0.2, 0.25) is 0 Å². The van der Waals surface area contributed by atoms with E-state index in [0.717, 1.165) is 46.5 Å². The smallest absolute Gasteiger partial charge is 0.265 e. The van der Waals surface area contributed by atoms with Gasteiger partial charge in [-0.05, 0) is 38.4 Å². The number of amides is 1. The lowest BCUT2D eigenvalue weighted by Gasteiger charge is -2.18. The quantitative estimate of drug-likeness (QED) is 0.0988. The summed E-state index contributed by atoms with van der Waals surface area (Å²) in [4.78, 5) is 19.0. The third-order valence-electron chi connectivity index (χ3n) is 4.78. The molecular formula is C22H29N9O2S3. The van der Waals surface area contributed by atoms with E-state index in [1.54, 1.807) is 20.6 Å². The number of nitrogens with two attached hydrogens (primary N) is 1. The highest BCUT2D eigenvalue weighted by atomic mass is 32.2. The highest BCUT2D eigenvalue weighted by molar-refractivity contribution is 7.98. The number of nitrogens with zero attached hydrogens (tertiary/aromatic N) is 4. The first-order chi connectivity index (χ1) is 17.4. The van der Waals surface area contributed by atoms with Crippen LogP contribution in [0.3, 0.4) is 0 Å². The van der Waals surface area contributed by atoms with Gasteiger partial charge in [0.05, 0.1) is 35.8 Å². The molecule has 1 aromatic carbocycles. The van der Waals surface area contributed by atoms with Crippen LogP contribution in [0.25, 0.3) is 11.3 Å². The lowest BCUT2D eigenvalue weighted by atomic mass is 10.1. The number of hydrogen-bond acceptors (Lipinski definition) is 11. The number of aromatic nitrogens is 1. The Morgan fingerprint density at radius 3 is 2.94 bits per heavy atom. The Morgan fingerprint density at radius 2 is 2.14 bits per heavy atom. The number of nitrogens with one attached hydrogen (secondary N) is 4. The number of thiazole rings is 1. The summed E-state index contributed by atoms with van der Waals surface area (Å²) < 4.78 is 9.16. The Labute approximate surface area is 222 Å². The Hall–Kier alpha value is -2.75. The van der Waals surface area contributed by atoms with Crippen molar-refractivity contribution in [3.63, 3.8) is 0 Å². The molecule has 14 heteroatoms. The van der Waals surface area contributed by atoms with Crippen LogP contribution in [0.4, 0.5) is 10.8 Å². The maximum Gasteiger partial charge on any atom is 0.265 e. The fraction of sp³-hybridized carbons (Fsp3) is 0.318. The molecule has 3 heterocycles. The predicted octanol–water partition coefficient (Wildman–Crippen LogP) is 3.24. The predicted molar refractivity (Wildman–Crippen MR) is 148 cm³/mol. The van der Waals surface area contributed by atoms with Crippen molar-refractivity contribution in [2.75, 3.05) is 43.7 Å². The second-order valence-corrected chi connectivity index (χ2v) is 11.1. The number of hydrazine groups is 2. The van der Waals surface area contributed by atoms with Crippen LogP contribution in [0.1, 0.15) is 11.5 Å². The van der Waals surface area contributed by atoms with Crippen LogP contribution in [0, 0.1) is 5.41 Å². The van der Waals surface area contributed by atoms with E-state index in [2.05, 4.69) is 26.1 Å². The van der Waals surface area contributed by atoms with Gasteiger partial charge in [-0.2, -0.15) is 16.2 Å². The molecule has 1 aliphatic rings. The molecule has 3 aromatic rings. The van der Waals surface area contributed by atoms with Gasteiger partial charge in [0, 0.05) is 23.2 Å². The van der Waals surface area contributed by atoms with Crippen LogP contribution in [0.5, 0.6) is 0 Å². The second kappa shape index (κ2) is 12.5. The molecule has 1 fully saturated rings. The van der Waals surface area contributed by atoms with Gasteiger partial charge in [-0.15, -0.1) is 15.8 Å². The van der Waals surface area contributed by atoms with E-state index in [4.69, 9.17) is 15.6 Å². The Bertz CT molecular complexity index is 1180. The highest BCUT2D eigenvalue weighted by Gasteiger charge is 2.29. The molecule has 11 nitrogen and oxygen atoms in total. The van der Waals surface area contributed by atoms with Crippen LogP contribution >= 0.6 is 35.2 Å². The minimum absolute atomic E-state index is 0.0209. The van der Waals surface area contributed by atoms with Gasteiger partial charge in [-0.1, -0.05) is 12.1 Å². The van der Waals surface area contributed by atoms with Gasteiger partial charge in [0.1, 0.15) is 18.1 Å². The highest BCUT2D eigenvalue weighted by Crippen LogP contribution is 2.29. The van der Waals surface area contributed by atoms with Crippen LogP contribution in [0.15, 0.2) is 46.2 Å². The monoisotopic (exact) mass is 547 g/mol. The van der Waals surface area contributed by atoms with Crippen LogP contribution in [-0.2, 0) is 17.1 Å². The molecule has 192 valence electrons. The number of anilines is 2. The Kier molecular flexibility index (Phi) is 9.12. The van der Waals surface area contributed by atoms with E-state index < -0.39 is 0 Å². The van der Waals surface area contributed by atoms with Crippen molar-refractivity contribution in [1.29, 1.82) is 5.41 Å². The zero-order valence-corrected chi connectivity index (χ0v) is 22.4. The second-order valence-electron chi connectivity index (χ2n) is 8.14. The number of carbonyl (C=O) groups excluding carboxylic acids is 1. The molecule has 0 aliphatic carbocycles. The normalized spacial score (nSPS) is 14.1. The van der Waals surface area contributed by atoms with E-state index in [1.807, 2.05) is 55.9 Å². The molecule has 0 saturated carbocycles. The van der Waals surface area contributed by atoms with Crippen LogP contribution in [0.2, 0.25) is 0 Å². The van der Waals surface area contributed by atoms with Crippen molar-refractivity contribution in [3.05, 3.63) is 53.3 Å². The minimum atomic E-state index is -0.148. The number of carbonyl (C=O) groups is 1. The van der Waals surface area contributed by atoms with E-state index in [0.29, 0.717) is 11.7 Å². The van der Waals surface area contributed by atoms with Crippen molar-refractivity contribution < 1.29 is 9.21 Å². The van der Waals surface area contributed by atoms with Gasteiger partial charge >= 0.3 is 0 Å². The molecule has 0 radical (unpaired) electrons. The summed E-state index contributed by atoms with van der Waals surface area (Å²) in [5.41, 5.74) is 14.4. The summed E-state index contributed by atoms with van der Waals surface area (Å²) in [6, 6.07) is 11.8. The van der Waals surface area contributed by atoms with Gasteiger partial charge in [0.25, 0.3) is 5.91 Å². The largest absolute Gasteiger partial charge is 0.464 e. The minimum Gasteiger partial charge on any atom is -0.464 e. The molecule has 0 unspecified atom stereocenters. The summed E-state index contributed by atoms with van der Waals surface area (Å²) >= 11 is 4.43. The molecule has 1 amide bonds. The van der Waals surface area contributed by atoms with Gasteiger partial charge in [-0.25, -0.2) is 10.4 Å². The molecule has 1 aliphatic heterocycles. The summed E-state index contributed by atoms with van der Waals surface area (Å²) in [6.07, 6.45) is 0. The molecule has 36 heavy (non-hydrogen) atoms. The first-order valence-corrected chi connectivity index (χ1v) is 13.9. The maximum absolute atomic E-state index is 12.4. The van der Waals surface area contributed by atoms with E-state index in [-0.39, 0.29) is 18.4 Å². The maximum atomic E-state index is 12.4. The van der Waals surface area contributed by atoms with Gasteiger partial charge in [-0.3, -0.25) is 10.2 Å². The number of guanidine groups is 1. The summed E-state index contributed by atoms with van der Waals surface area (Å²) in [5.74, 6) is 3.40. The van der Waals surface area contributed by atoms with E-state index >= 15 is 0 Å².